The van der Waals surface area contributed by atoms with Gasteiger partial charge in [-0.05, 0) is 0 Å². The summed E-state index contributed by atoms with van der Waals surface area (Å²) >= 11 is 2.42. The maximum Gasteiger partial charge on any atom is 0.419 e. The van der Waals surface area contributed by atoms with Crippen LogP contribution in [0.15, 0.2) is 0 Å². The summed E-state index contributed by atoms with van der Waals surface area (Å²) in [7, 11) is 1.16. The van der Waals surface area contributed by atoms with Crippen molar-refractivity contribution >= 4 is 28.3 Å². The van der Waals surface area contributed by atoms with E-state index in [1.54, 1.807) is 6.07 Å². The number of amides is 1. The smallest absolute Gasteiger partial charge is 0.419 e. The van der Waals surface area contributed by atoms with Crippen LogP contribution in [0.5, 0.6) is 0 Å². The lowest BCUT2D eigenvalue weighted by atomic mass is 10.2. The molecule has 0 fully saturated rings. The molecule has 0 spiro atoms. The molecule has 0 aliphatic heterocycles. The van der Waals surface area contributed by atoms with E-state index < -0.39 is 18.1 Å². The summed E-state index contributed by atoms with van der Waals surface area (Å²) < 4.78 is 8.40. The molecule has 0 saturated heterocycles. The predicted molar refractivity (Wildman–Crippen MR) is 44.6 cm³/mol. The van der Waals surface area contributed by atoms with Crippen molar-refractivity contribution in [3.8, 4) is 6.07 Å². The Balaban J connectivity index is 4.18. The van der Waals surface area contributed by atoms with Crippen LogP contribution < -0.4 is 5.32 Å². The molecule has 72 valence electrons. The predicted octanol–water partition coefficient (Wildman–Crippen LogP) is 0.478. The molecule has 0 rings (SSSR count). The molecule has 0 aliphatic carbocycles. The van der Waals surface area contributed by atoms with E-state index >= 15 is 0 Å². The Morgan fingerprint density at radius 1 is 1.69 bits per heavy atom. The average molecular weight is 251 g/mol. The summed E-state index contributed by atoms with van der Waals surface area (Å²) in [5, 5.41) is 10.4. The minimum atomic E-state index is -1.000. The molecule has 0 bridgehead atoms. The number of esters is 1. The molecule has 1 N–H and O–H groups in total. The van der Waals surface area contributed by atoms with Crippen LogP contribution in [0.3, 0.4) is 0 Å². The molecule has 13 heavy (non-hydrogen) atoms. The Labute approximate surface area is 83.2 Å². The van der Waals surface area contributed by atoms with Crippen molar-refractivity contribution < 1.29 is 18.2 Å². The van der Waals surface area contributed by atoms with E-state index in [1.165, 1.54) is 0 Å². The Morgan fingerprint density at radius 3 is 2.69 bits per heavy atom. The van der Waals surface area contributed by atoms with E-state index in [-0.39, 0.29) is 6.42 Å². The molecule has 1 unspecified atom stereocenters. The monoisotopic (exact) mass is 250 g/mol. The summed E-state index contributed by atoms with van der Waals surface area (Å²) in [5.74, 6) is -0.695. The second-order valence-electron chi connectivity index (χ2n) is 1.95. The van der Waals surface area contributed by atoms with E-state index in [2.05, 4.69) is 30.1 Å². The average Bonchev–Trinajstić information content (AvgIpc) is 2.15. The highest BCUT2D eigenvalue weighted by molar-refractivity contribution is 9.06. The first-order chi connectivity index (χ1) is 6.15. The van der Waals surface area contributed by atoms with Crippen LogP contribution in [0.2, 0.25) is 0 Å². The molecule has 0 heterocycles. The highest BCUT2D eigenvalue weighted by atomic mass is 79.9. The highest BCUT2D eigenvalue weighted by Crippen LogP contribution is 1.96. The number of rotatable bonds is 3. The molecule has 0 radical (unpaired) electrons. The zero-order valence-electron chi connectivity index (χ0n) is 6.74. The third kappa shape index (κ3) is 4.32. The Bertz CT molecular complexity index is 237. The van der Waals surface area contributed by atoms with Crippen LogP contribution in [-0.2, 0) is 13.4 Å². The number of hydrogen-bond donors (Lipinski definition) is 1. The molecule has 7 heteroatoms. The van der Waals surface area contributed by atoms with Crippen molar-refractivity contribution in [1.29, 1.82) is 5.26 Å². The van der Waals surface area contributed by atoms with Crippen molar-refractivity contribution in [1.82, 2.24) is 5.32 Å². The number of nitrogens with one attached hydrogen (secondary N) is 1. The molecule has 6 nitrogen and oxygen atoms in total. The summed E-state index contributed by atoms with van der Waals surface area (Å²) in [4.78, 5) is 21.5. The Hall–Kier alpha value is -1.29. The first-order valence-electron chi connectivity index (χ1n) is 3.19. The zero-order chi connectivity index (χ0) is 10.3. The number of nitriles is 1. The SMILES string of the molecule is COC(=O)C(CC#N)NC(=O)OBr. The number of hydrogen-bond acceptors (Lipinski definition) is 5. The summed E-state index contributed by atoms with van der Waals surface area (Å²) in [6.07, 6.45) is -1.03. The third-order valence-electron chi connectivity index (χ3n) is 1.14. The number of nitrogens with zero attached hydrogens (tertiary/aromatic N) is 1. The van der Waals surface area contributed by atoms with Crippen LogP contribution in [0.1, 0.15) is 6.42 Å². The maximum atomic E-state index is 10.9. The second-order valence-corrected chi connectivity index (χ2v) is 2.27. The fourth-order valence-electron chi connectivity index (χ4n) is 0.591. The fraction of sp³-hybridized carbons (Fsp3) is 0.500. The number of methoxy groups -OCH3 is 1. The van der Waals surface area contributed by atoms with Crippen molar-refractivity contribution in [3.05, 3.63) is 0 Å². The molecular formula is C6H7BrN2O4. The summed E-state index contributed by atoms with van der Waals surface area (Å²) in [5.41, 5.74) is 0. The number of ether oxygens (including phenoxy) is 1. The quantitative estimate of drug-likeness (QED) is 0.737. The normalized spacial score (nSPS) is 10.8. The second kappa shape index (κ2) is 6.25. The molecule has 1 atom stereocenters. The number of halogens is 1. The van der Waals surface area contributed by atoms with Gasteiger partial charge in [0.05, 0.1) is 19.6 Å². The first kappa shape index (κ1) is 11.7. The molecular weight excluding hydrogens is 244 g/mol. The standard InChI is InChI=1S/C6H7BrN2O4/c1-12-5(10)4(2-3-8)9-6(11)13-7/h4H,2H2,1H3,(H,9,11). The molecule has 0 aromatic rings. The van der Waals surface area contributed by atoms with Gasteiger partial charge in [-0.25, -0.2) is 9.59 Å². The van der Waals surface area contributed by atoms with Crippen LogP contribution in [0, 0.1) is 11.3 Å². The van der Waals surface area contributed by atoms with Crippen LogP contribution in [-0.4, -0.2) is 25.2 Å². The third-order valence-corrected chi connectivity index (χ3v) is 1.44. The van der Waals surface area contributed by atoms with Gasteiger partial charge < -0.3 is 13.9 Å². The fourth-order valence-corrected chi connectivity index (χ4v) is 0.685. The minimum absolute atomic E-state index is 0.172. The number of carbonyl (C=O) groups is 2. The van der Waals surface area contributed by atoms with Crippen LogP contribution >= 0.6 is 16.3 Å². The van der Waals surface area contributed by atoms with E-state index in [0.29, 0.717) is 0 Å². The van der Waals surface area contributed by atoms with Gasteiger partial charge in [0.2, 0.25) is 0 Å². The van der Waals surface area contributed by atoms with Gasteiger partial charge in [-0.1, -0.05) is 0 Å². The first-order valence-corrected chi connectivity index (χ1v) is 3.84. The molecule has 0 aliphatic rings. The lowest BCUT2D eigenvalue weighted by Crippen LogP contribution is -2.40. The van der Waals surface area contributed by atoms with Gasteiger partial charge in [-0.3, -0.25) is 0 Å². The van der Waals surface area contributed by atoms with Crippen molar-refractivity contribution in [2.24, 2.45) is 0 Å². The van der Waals surface area contributed by atoms with E-state index in [1.807, 2.05) is 0 Å². The minimum Gasteiger partial charge on any atom is -0.467 e. The Morgan fingerprint density at radius 2 is 2.31 bits per heavy atom. The molecule has 0 aromatic heterocycles. The highest BCUT2D eigenvalue weighted by Gasteiger charge is 2.21. The van der Waals surface area contributed by atoms with Gasteiger partial charge in [0.15, 0.2) is 16.3 Å². The summed E-state index contributed by atoms with van der Waals surface area (Å²) in [6, 6.07) is 0.726. The zero-order valence-corrected chi connectivity index (χ0v) is 8.33. The van der Waals surface area contributed by atoms with Crippen molar-refractivity contribution in [3.63, 3.8) is 0 Å². The van der Waals surface area contributed by atoms with Gasteiger partial charge in [0.1, 0.15) is 6.04 Å². The van der Waals surface area contributed by atoms with Crippen LogP contribution in [0.4, 0.5) is 4.79 Å². The van der Waals surface area contributed by atoms with Gasteiger partial charge in [0, 0.05) is 0 Å². The van der Waals surface area contributed by atoms with E-state index in [9.17, 15) is 9.59 Å². The van der Waals surface area contributed by atoms with E-state index in [0.717, 1.165) is 7.11 Å². The topological polar surface area (TPSA) is 88.4 Å². The lowest BCUT2D eigenvalue weighted by Gasteiger charge is -2.10. The van der Waals surface area contributed by atoms with Crippen molar-refractivity contribution in [2.75, 3.05) is 7.11 Å². The van der Waals surface area contributed by atoms with Crippen molar-refractivity contribution in [2.45, 2.75) is 12.5 Å². The molecule has 0 aromatic carbocycles. The van der Waals surface area contributed by atoms with Crippen LogP contribution in [0.25, 0.3) is 0 Å². The molecule has 1 amide bonds. The van der Waals surface area contributed by atoms with E-state index in [4.69, 9.17) is 5.26 Å². The molecule has 0 saturated carbocycles. The maximum absolute atomic E-state index is 10.9. The number of carbonyl (C=O) groups excluding carboxylic acids is 2. The summed E-state index contributed by atoms with van der Waals surface area (Å²) in [6.45, 7) is 0. The van der Waals surface area contributed by atoms with Gasteiger partial charge in [0.25, 0.3) is 0 Å². The Kier molecular flexibility index (Phi) is 5.63. The largest absolute Gasteiger partial charge is 0.467 e. The van der Waals surface area contributed by atoms with Gasteiger partial charge in [-0.15, -0.1) is 0 Å². The van der Waals surface area contributed by atoms with Gasteiger partial charge >= 0.3 is 12.1 Å². The van der Waals surface area contributed by atoms with Gasteiger partial charge in [-0.2, -0.15) is 5.26 Å². The lowest BCUT2D eigenvalue weighted by molar-refractivity contribution is -0.142.